The number of thiophene rings is 1. The normalized spacial score (nSPS) is 12.7. The van der Waals surface area contributed by atoms with Gasteiger partial charge in [0.1, 0.15) is 0 Å². The monoisotopic (exact) mass is 387 g/mol. The summed E-state index contributed by atoms with van der Waals surface area (Å²) in [5, 5.41) is 3.40. The van der Waals surface area contributed by atoms with E-state index in [1.54, 1.807) is 11.3 Å². The van der Waals surface area contributed by atoms with Crippen molar-refractivity contribution in [3.05, 3.63) is 54.6 Å². The second-order valence-corrected chi connectivity index (χ2v) is 7.35. The van der Waals surface area contributed by atoms with Gasteiger partial charge in [-0.05, 0) is 62.5 Å². The maximum atomic E-state index is 3.56. The van der Waals surface area contributed by atoms with Crippen molar-refractivity contribution in [2.24, 2.45) is 0 Å². The van der Waals surface area contributed by atoms with Crippen LogP contribution in [0.15, 0.2) is 38.6 Å². The Morgan fingerprint density at radius 3 is 2.61 bits per heavy atom. The SMILES string of the molecule is CCc1cccc(C(NC)c2cc(Br)c(Br)s2)c1. The number of hydrogen-bond donors (Lipinski definition) is 1. The van der Waals surface area contributed by atoms with Crippen molar-refractivity contribution in [3.63, 3.8) is 0 Å². The van der Waals surface area contributed by atoms with Crippen LogP contribution in [0.1, 0.15) is 29.0 Å². The van der Waals surface area contributed by atoms with Crippen LogP contribution in [-0.2, 0) is 6.42 Å². The molecule has 0 aliphatic rings. The zero-order valence-corrected chi connectivity index (χ0v) is 14.3. The van der Waals surface area contributed by atoms with E-state index in [4.69, 9.17) is 0 Å². The Morgan fingerprint density at radius 1 is 1.28 bits per heavy atom. The van der Waals surface area contributed by atoms with Crippen molar-refractivity contribution in [1.82, 2.24) is 5.32 Å². The molecule has 96 valence electrons. The smallest absolute Gasteiger partial charge is 0.0843 e. The molecular formula is C14H15Br2NS. The largest absolute Gasteiger partial charge is 0.309 e. The van der Waals surface area contributed by atoms with Gasteiger partial charge in [-0.25, -0.2) is 0 Å². The Morgan fingerprint density at radius 2 is 2.06 bits per heavy atom. The molecule has 1 nitrogen and oxygen atoms in total. The molecule has 0 aliphatic carbocycles. The molecule has 1 atom stereocenters. The second kappa shape index (κ2) is 6.33. The predicted molar refractivity (Wildman–Crippen MR) is 86.4 cm³/mol. The Bertz CT molecular complexity index is 517. The standard InChI is InChI=1S/C14H15Br2NS/c1-3-9-5-4-6-10(7-9)13(17-2)12-8-11(15)14(16)18-12/h4-8,13,17H,3H2,1-2H3. The summed E-state index contributed by atoms with van der Waals surface area (Å²) in [7, 11) is 2.00. The summed E-state index contributed by atoms with van der Waals surface area (Å²) < 4.78 is 2.26. The number of rotatable bonds is 4. The van der Waals surface area contributed by atoms with Crippen molar-refractivity contribution in [3.8, 4) is 0 Å². The van der Waals surface area contributed by atoms with E-state index in [-0.39, 0.29) is 6.04 Å². The molecule has 0 saturated carbocycles. The van der Waals surface area contributed by atoms with E-state index in [9.17, 15) is 0 Å². The van der Waals surface area contributed by atoms with Crippen molar-refractivity contribution in [2.75, 3.05) is 7.05 Å². The first-order chi connectivity index (χ1) is 8.65. The van der Waals surface area contributed by atoms with Crippen molar-refractivity contribution in [1.29, 1.82) is 0 Å². The molecular weight excluding hydrogens is 374 g/mol. The van der Waals surface area contributed by atoms with Crippen LogP contribution < -0.4 is 5.32 Å². The summed E-state index contributed by atoms with van der Waals surface area (Å²) in [6.07, 6.45) is 1.07. The minimum Gasteiger partial charge on any atom is -0.309 e. The lowest BCUT2D eigenvalue weighted by atomic mass is 10.0. The molecule has 0 amide bonds. The van der Waals surface area contributed by atoms with Crippen LogP contribution in [-0.4, -0.2) is 7.05 Å². The Kier molecular flexibility index (Phi) is 5.01. The predicted octanol–water partition coefficient (Wildman–Crippen LogP) is 5.14. The second-order valence-electron chi connectivity index (χ2n) is 4.09. The first-order valence-corrected chi connectivity index (χ1v) is 8.26. The molecule has 0 aliphatic heterocycles. The van der Waals surface area contributed by atoms with E-state index < -0.39 is 0 Å². The highest BCUT2D eigenvalue weighted by atomic mass is 79.9. The zero-order valence-electron chi connectivity index (χ0n) is 10.3. The highest BCUT2D eigenvalue weighted by Gasteiger charge is 2.16. The number of hydrogen-bond acceptors (Lipinski definition) is 2. The van der Waals surface area contributed by atoms with Gasteiger partial charge in [0.2, 0.25) is 0 Å². The number of nitrogens with one attached hydrogen (secondary N) is 1. The third-order valence-electron chi connectivity index (χ3n) is 2.93. The molecule has 1 N–H and O–H groups in total. The fourth-order valence-electron chi connectivity index (χ4n) is 1.97. The van der Waals surface area contributed by atoms with Crippen molar-refractivity contribution < 1.29 is 0 Å². The van der Waals surface area contributed by atoms with E-state index in [0.29, 0.717) is 0 Å². The summed E-state index contributed by atoms with van der Waals surface area (Å²) in [6.45, 7) is 2.19. The third kappa shape index (κ3) is 3.05. The Balaban J connectivity index is 2.38. The molecule has 0 fully saturated rings. The topological polar surface area (TPSA) is 12.0 Å². The fraction of sp³-hybridized carbons (Fsp3) is 0.286. The summed E-state index contributed by atoms with van der Waals surface area (Å²) in [5.74, 6) is 0. The quantitative estimate of drug-likeness (QED) is 0.764. The van der Waals surface area contributed by atoms with Crippen molar-refractivity contribution in [2.45, 2.75) is 19.4 Å². The van der Waals surface area contributed by atoms with Crippen LogP contribution in [0.25, 0.3) is 0 Å². The van der Waals surface area contributed by atoms with Gasteiger partial charge in [-0.2, -0.15) is 0 Å². The molecule has 1 heterocycles. The van der Waals surface area contributed by atoms with Gasteiger partial charge >= 0.3 is 0 Å². The van der Waals surface area contributed by atoms with Crippen molar-refractivity contribution >= 4 is 43.2 Å². The van der Waals surface area contributed by atoms with Gasteiger partial charge in [0.15, 0.2) is 0 Å². The number of aryl methyl sites for hydroxylation is 1. The fourth-order valence-corrected chi connectivity index (χ4v) is 4.20. The van der Waals surface area contributed by atoms with Gasteiger partial charge in [0.05, 0.1) is 9.83 Å². The van der Waals surface area contributed by atoms with Crippen LogP contribution in [0.5, 0.6) is 0 Å². The summed E-state index contributed by atoms with van der Waals surface area (Å²) in [5.41, 5.74) is 2.69. The Labute approximate surface area is 129 Å². The van der Waals surface area contributed by atoms with Gasteiger partial charge in [0, 0.05) is 9.35 Å². The first kappa shape index (κ1) is 14.3. The van der Waals surface area contributed by atoms with Gasteiger partial charge in [-0.1, -0.05) is 31.2 Å². The van der Waals surface area contributed by atoms with Crippen LogP contribution in [0.4, 0.5) is 0 Å². The highest BCUT2D eigenvalue weighted by Crippen LogP contribution is 2.37. The summed E-state index contributed by atoms with van der Waals surface area (Å²) in [4.78, 5) is 1.31. The van der Waals surface area contributed by atoms with E-state index in [1.165, 1.54) is 16.0 Å². The minimum atomic E-state index is 0.254. The third-order valence-corrected chi connectivity index (χ3v) is 6.25. The first-order valence-electron chi connectivity index (χ1n) is 5.86. The lowest BCUT2D eigenvalue weighted by Gasteiger charge is -2.15. The van der Waals surface area contributed by atoms with Gasteiger partial charge in [-0.3, -0.25) is 0 Å². The average molecular weight is 389 g/mol. The van der Waals surface area contributed by atoms with Gasteiger partial charge < -0.3 is 5.32 Å². The molecule has 1 aromatic carbocycles. The molecule has 1 aromatic heterocycles. The van der Waals surface area contributed by atoms with E-state index in [1.807, 2.05) is 7.05 Å². The Hall–Kier alpha value is -0.160. The minimum absolute atomic E-state index is 0.254. The molecule has 0 bridgehead atoms. The number of benzene rings is 1. The molecule has 2 rings (SSSR count). The summed E-state index contributed by atoms with van der Waals surface area (Å²) in [6, 6.07) is 11.2. The molecule has 1 unspecified atom stereocenters. The summed E-state index contributed by atoms with van der Waals surface area (Å²) >= 11 is 8.87. The van der Waals surface area contributed by atoms with Crippen LogP contribution >= 0.6 is 43.2 Å². The molecule has 0 spiro atoms. The van der Waals surface area contributed by atoms with Crippen LogP contribution in [0.3, 0.4) is 0 Å². The van der Waals surface area contributed by atoms with E-state index in [2.05, 4.69) is 74.4 Å². The van der Waals surface area contributed by atoms with Gasteiger partial charge in [0.25, 0.3) is 0 Å². The molecule has 2 aromatic rings. The van der Waals surface area contributed by atoms with E-state index in [0.717, 1.165) is 14.7 Å². The van der Waals surface area contributed by atoms with Crippen LogP contribution in [0, 0.1) is 0 Å². The van der Waals surface area contributed by atoms with Crippen LogP contribution in [0.2, 0.25) is 0 Å². The maximum Gasteiger partial charge on any atom is 0.0843 e. The lowest BCUT2D eigenvalue weighted by molar-refractivity contribution is 0.702. The zero-order chi connectivity index (χ0) is 13.1. The maximum absolute atomic E-state index is 3.56. The number of halogens is 2. The lowest BCUT2D eigenvalue weighted by Crippen LogP contribution is -2.16. The average Bonchev–Trinajstić information content (AvgIpc) is 2.70. The molecule has 0 radical (unpaired) electrons. The molecule has 4 heteroatoms. The van der Waals surface area contributed by atoms with Gasteiger partial charge in [-0.15, -0.1) is 11.3 Å². The van der Waals surface area contributed by atoms with E-state index >= 15 is 0 Å². The molecule has 18 heavy (non-hydrogen) atoms. The molecule has 0 saturated heterocycles. The highest BCUT2D eigenvalue weighted by molar-refractivity contribution is 9.13.